The molecule has 1 saturated heterocycles. The summed E-state index contributed by atoms with van der Waals surface area (Å²) in [6.45, 7) is 1.39. The molecule has 0 radical (unpaired) electrons. The zero-order valence-electron chi connectivity index (χ0n) is 17.2. The monoisotopic (exact) mass is 442 g/mol. The largest absolute Gasteiger partial charge is 0.370 e. The zero-order valence-corrected chi connectivity index (χ0v) is 18.1. The lowest BCUT2D eigenvalue weighted by Crippen LogP contribution is -2.38. The Morgan fingerprint density at radius 1 is 1.06 bits per heavy atom. The van der Waals surface area contributed by atoms with Crippen LogP contribution in [-0.2, 0) is 19.6 Å². The number of sulfonamides is 1. The van der Waals surface area contributed by atoms with Gasteiger partial charge in [0, 0.05) is 25.1 Å². The minimum Gasteiger partial charge on any atom is -0.370 e. The fourth-order valence-corrected chi connectivity index (χ4v) is 4.21. The van der Waals surface area contributed by atoms with Gasteiger partial charge >= 0.3 is 0 Å². The van der Waals surface area contributed by atoms with E-state index in [1.807, 2.05) is 24.3 Å². The highest BCUT2D eigenvalue weighted by molar-refractivity contribution is 7.89. The van der Waals surface area contributed by atoms with E-state index in [0.29, 0.717) is 37.2 Å². The molecule has 2 amide bonds. The van der Waals surface area contributed by atoms with Crippen molar-refractivity contribution in [1.82, 2.24) is 4.72 Å². The number of hydrogen-bond donors (Lipinski definition) is 3. The van der Waals surface area contributed by atoms with Gasteiger partial charge in [-0.3, -0.25) is 9.59 Å². The van der Waals surface area contributed by atoms with Crippen molar-refractivity contribution in [2.24, 2.45) is 11.7 Å². The van der Waals surface area contributed by atoms with Crippen molar-refractivity contribution in [2.45, 2.75) is 17.7 Å². The minimum atomic E-state index is -3.49. The molecule has 3 rings (SSSR count). The maximum absolute atomic E-state index is 12.5. The molecule has 0 aliphatic carbocycles. The van der Waals surface area contributed by atoms with Crippen molar-refractivity contribution in [2.75, 3.05) is 30.4 Å². The van der Waals surface area contributed by atoms with Crippen LogP contribution in [0.2, 0.25) is 0 Å². The highest BCUT2D eigenvalue weighted by Crippen LogP contribution is 2.29. The lowest BCUT2D eigenvalue weighted by Gasteiger charge is -2.33. The van der Waals surface area contributed by atoms with Gasteiger partial charge < -0.3 is 16.0 Å². The number of amides is 2. The van der Waals surface area contributed by atoms with Crippen LogP contribution in [0.5, 0.6) is 0 Å². The lowest BCUT2D eigenvalue weighted by molar-refractivity contribution is -0.122. The van der Waals surface area contributed by atoms with E-state index in [2.05, 4.69) is 14.9 Å². The summed E-state index contributed by atoms with van der Waals surface area (Å²) in [6.07, 6.45) is 4.40. The number of para-hydroxylation sites is 2. The molecule has 31 heavy (non-hydrogen) atoms. The quantitative estimate of drug-likeness (QED) is 0.566. The molecular weight excluding hydrogens is 416 g/mol. The molecule has 0 aromatic heterocycles. The van der Waals surface area contributed by atoms with Gasteiger partial charge in [-0.05, 0) is 55.8 Å². The summed E-state index contributed by atoms with van der Waals surface area (Å²) in [5, 5.41) is 2.89. The molecule has 164 valence electrons. The molecule has 0 atom stereocenters. The van der Waals surface area contributed by atoms with E-state index in [0.717, 1.165) is 5.69 Å². The number of hydrogen-bond acceptors (Lipinski definition) is 5. The lowest BCUT2D eigenvalue weighted by atomic mass is 9.96. The first-order valence-corrected chi connectivity index (χ1v) is 11.4. The molecule has 0 bridgehead atoms. The topological polar surface area (TPSA) is 122 Å². The molecule has 2 aromatic rings. The molecule has 0 saturated carbocycles. The summed E-state index contributed by atoms with van der Waals surface area (Å²) in [5.41, 5.74) is 7.69. The van der Waals surface area contributed by atoms with Gasteiger partial charge in [-0.2, -0.15) is 0 Å². The Labute approximate surface area is 182 Å². The number of nitrogens with one attached hydrogen (secondary N) is 2. The van der Waals surface area contributed by atoms with E-state index >= 15 is 0 Å². The van der Waals surface area contributed by atoms with E-state index in [-0.39, 0.29) is 22.6 Å². The number of benzene rings is 2. The fourth-order valence-electron chi connectivity index (χ4n) is 3.48. The third kappa shape index (κ3) is 5.71. The molecule has 1 heterocycles. The van der Waals surface area contributed by atoms with Crippen LogP contribution in [0.25, 0.3) is 6.08 Å². The molecule has 1 aliphatic heterocycles. The molecule has 1 aliphatic rings. The molecule has 2 aromatic carbocycles. The van der Waals surface area contributed by atoms with Crippen LogP contribution in [0.1, 0.15) is 18.4 Å². The number of piperidine rings is 1. The van der Waals surface area contributed by atoms with E-state index < -0.39 is 10.0 Å². The minimum absolute atomic E-state index is 0.101. The summed E-state index contributed by atoms with van der Waals surface area (Å²) in [4.78, 5) is 26.1. The predicted molar refractivity (Wildman–Crippen MR) is 121 cm³/mol. The first kappa shape index (κ1) is 22.5. The number of rotatable bonds is 7. The van der Waals surface area contributed by atoms with Crippen LogP contribution in [0.3, 0.4) is 0 Å². The van der Waals surface area contributed by atoms with Crippen molar-refractivity contribution in [1.29, 1.82) is 0 Å². The third-order valence-corrected chi connectivity index (χ3v) is 6.72. The van der Waals surface area contributed by atoms with Gasteiger partial charge in [0.05, 0.1) is 16.3 Å². The summed E-state index contributed by atoms with van der Waals surface area (Å²) < 4.78 is 25.8. The molecule has 0 unspecified atom stereocenters. The second kappa shape index (κ2) is 9.76. The Morgan fingerprint density at radius 3 is 2.32 bits per heavy atom. The Bertz CT molecular complexity index is 1070. The fraction of sp³-hybridized carbons (Fsp3) is 0.273. The molecular formula is C22H26N4O4S. The molecule has 9 heteroatoms. The van der Waals surface area contributed by atoms with Gasteiger partial charge in [0.1, 0.15) is 0 Å². The highest BCUT2D eigenvalue weighted by atomic mass is 32.2. The number of primary amides is 1. The van der Waals surface area contributed by atoms with Crippen molar-refractivity contribution < 1.29 is 18.0 Å². The number of nitrogens with two attached hydrogens (primary N) is 1. The Balaban J connectivity index is 1.65. The normalized spacial score (nSPS) is 15.2. The van der Waals surface area contributed by atoms with Gasteiger partial charge in [0.2, 0.25) is 21.8 Å². The highest BCUT2D eigenvalue weighted by Gasteiger charge is 2.24. The van der Waals surface area contributed by atoms with Crippen LogP contribution >= 0.6 is 0 Å². The van der Waals surface area contributed by atoms with E-state index in [9.17, 15) is 18.0 Å². The van der Waals surface area contributed by atoms with Crippen LogP contribution in [0, 0.1) is 5.92 Å². The SMILES string of the molecule is CNS(=O)(=O)c1ccc(/C=C/C(=O)Nc2ccccc2N2CCC(C(N)=O)CC2)cc1. The van der Waals surface area contributed by atoms with E-state index in [1.54, 1.807) is 18.2 Å². The van der Waals surface area contributed by atoms with Gasteiger partial charge in [-0.25, -0.2) is 13.1 Å². The van der Waals surface area contributed by atoms with Gasteiger partial charge in [0.25, 0.3) is 0 Å². The number of anilines is 2. The van der Waals surface area contributed by atoms with Gasteiger partial charge in [-0.15, -0.1) is 0 Å². The van der Waals surface area contributed by atoms with Crippen LogP contribution in [0.15, 0.2) is 59.5 Å². The standard InChI is InChI=1S/C22H26N4O4S/c1-24-31(29,30)18-9-6-16(7-10-18)8-11-21(27)25-19-4-2-3-5-20(19)26-14-12-17(13-15-26)22(23)28/h2-11,17,24H,12-15H2,1H3,(H2,23,28)(H,25,27)/b11-8+. The second-order valence-corrected chi connectivity index (χ2v) is 9.17. The Kier molecular flexibility index (Phi) is 7.09. The van der Waals surface area contributed by atoms with Crippen molar-refractivity contribution in [3.63, 3.8) is 0 Å². The Morgan fingerprint density at radius 2 is 1.71 bits per heavy atom. The molecule has 8 nitrogen and oxygen atoms in total. The van der Waals surface area contributed by atoms with Crippen LogP contribution in [0.4, 0.5) is 11.4 Å². The van der Waals surface area contributed by atoms with Crippen molar-refractivity contribution in [3.8, 4) is 0 Å². The van der Waals surface area contributed by atoms with Gasteiger partial charge in [0.15, 0.2) is 0 Å². The molecule has 0 spiro atoms. The number of carbonyl (C=O) groups excluding carboxylic acids is 2. The average Bonchev–Trinajstić information content (AvgIpc) is 2.78. The van der Waals surface area contributed by atoms with Crippen molar-refractivity contribution in [3.05, 3.63) is 60.2 Å². The molecule has 4 N–H and O–H groups in total. The van der Waals surface area contributed by atoms with Crippen LogP contribution in [-0.4, -0.2) is 40.4 Å². The molecule has 1 fully saturated rings. The predicted octanol–water partition coefficient (Wildman–Crippen LogP) is 1.95. The smallest absolute Gasteiger partial charge is 0.248 e. The van der Waals surface area contributed by atoms with Crippen molar-refractivity contribution >= 4 is 39.3 Å². The first-order chi connectivity index (χ1) is 14.8. The van der Waals surface area contributed by atoms with Gasteiger partial charge in [-0.1, -0.05) is 24.3 Å². The summed E-state index contributed by atoms with van der Waals surface area (Å²) in [6, 6.07) is 13.7. The maximum atomic E-state index is 12.5. The Hall–Kier alpha value is -3.17. The maximum Gasteiger partial charge on any atom is 0.248 e. The summed E-state index contributed by atoms with van der Waals surface area (Å²) in [5.74, 6) is -0.662. The second-order valence-electron chi connectivity index (χ2n) is 7.28. The zero-order chi connectivity index (χ0) is 22.4. The first-order valence-electron chi connectivity index (χ1n) is 9.96. The van der Waals surface area contributed by atoms with E-state index in [4.69, 9.17) is 5.73 Å². The number of nitrogens with zero attached hydrogens (tertiary/aromatic N) is 1. The average molecular weight is 443 g/mol. The van der Waals surface area contributed by atoms with E-state index in [1.165, 1.54) is 25.3 Å². The summed E-state index contributed by atoms with van der Waals surface area (Å²) >= 11 is 0. The number of carbonyl (C=O) groups is 2. The van der Waals surface area contributed by atoms with Crippen LogP contribution < -0.4 is 20.7 Å². The summed E-state index contributed by atoms with van der Waals surface area (Å²) in [7, 11) is -2.14. The third-order valence-electron chi connectivity index (χ3n) is 5.29.